The predicted molar refractivity (Wildman–Crippen MR) is 69.4 cm³/mol. The SMILES string of the molecule is COCCNCc1ccc(C)n(C(C)C)c1=O. The van der Waals surface area contributed by atoms with Gasteiger partial charge in [-0.05, 0) is 26.8 Å². The summed E-state index contributed by atoms with van der Waals surface area (Å²) in [5, 5.41) is 3.19. The van der Waals surface area contributed by atoms with Crippen LogP contribution in [0, 0.1) is 6.92 Å². The van der Waals surface area contributed by atoms with E-state index in [-0.39, 0.29) is 11.6 Å². The Hall–Kier alpha value is -1.13. The van der Waals surface area contributed by atoms with Crippen molar-refractivity contribution >= 4 is 0 Å². The Kier molecular flexibility index (Phi) is 5.38. The highest BCUT2D eigenvalue weighted by atomic mass is 16.5. The molecule has 17 heavy (non-hydrogen) atoms. The molecule has 4 heteroatoms. The maximum Gasteiger partial charge on any atom is 0.255 e. The molecule has 4 nitrogen and oxygen atoms in total. The number of hydrogen-bond donors (Lipinski definition) is 1. The second-order valence-corrected chi connectivity index (χ2v) is 4.44. The molecule has 0 aliphatic rings. The molecule has 0 fully saturated rings. The molecule has 0 spiro atoms. The Labute approximate surface area is 103 Å². The number of hydrogen-bond acceptors (Lipinski definition) is 3. The highest BCUT2D eigenvalue weighted by molar-refractivity contribution is 5.16. The molecule has 1 N–H and O–H groups in total. The van der Waals surface area contributed by atoms with Crippen LogP contribution in [0.5, 0.6) is 0 Å². The molecule has 0 bridgehead atoms. The molecule has 1 heterocycles. The van der Waals surface area contributed by atoms with Crippen LogP contribution < -0.4 is 10.9 Å². The summed E-state index contributed by atoms with van der Waals surface area (Å²) in [6.07, 6.45) is 0. The Morgan fingerprint density at radius 2 is 2.12 bits per heavy atom. The van der Waals surface area contributed by atoms with E-state index in [0.717, 1.165) is 17.8 Å². The summed E-state index contributed by atoms with van der Waals surface area (Å²) in [5.41, 5.74) is 1.91. The molecule has 0 amide bonds. The first-order chi connectivity index (χ1) is 8.07. The molecule has 0 radical (unpaired) electrons. The third-order valence-electron chi connectivity index (χ3n) is 2.71. The third-order valence-corrected chi connectivity index (χ3v) is 2.71. The van der Waals surface area contributed by atoms with Gasteiger partial charge in [0.25, 0.3) is 5.56 Å². The van der Waals surface area contributed by atoms with Crippen LogP contribution in [0.4, 0.5) is 0 Å². The molecule has 0 atom stereocenters. The van der Waals surface area contributed by atoms with Gasteiger partial charge >= 0.3 is 0 Å². The number of rotatable bonds is 6. The van der Waals surface area contributed by atoms with Crippen molar-refractivity contribution in [1.29, 1.82) is 0 Å². The molecule has 0 saturated heterocycles. The molecule has 0 aromatic carbocycles. The monoisotopic (exact) mass is 238 g/mol. The van der Waals surface area contributed by atoms with Crippen LogP contribution >= 0.6 is 0 Å². The lowest BCUT2D eigenvalue weighted by atomic mass is 10.2. The summed E-state index contributed by atoms with van der Waals surface area (Å²) < 4.78 is 6.77. The average molecular weight is 238 g/mol. The Morgan fingerprint density at radius 1 is 1.41 bits per heavy atom. The second kappa shape index (κ2) is 6.57. The first kappa shape index (κ1) is 13.9. The van der Waals surface area contributed by atoms with E-state index in [1.165, 1.54) is 0 Å². The molecule has 0 saturated carbocycles. The fourth-order valence-corrected chi connectivity index (χ4v) is 1.86. The summed E-state index contributed by atoms with van der Waals surface area (Å²) in [6, 6.07) is 4.09. The van der Waals surface area contributed by atoms with Crippen molar-refractivity contribution in [3.8, 4) is 0 Å². The van der Waals surface area contributed by atoms with Gasteiger partial charge < -0.3 is 14.6 Å². The van der Waals surface area contributed by atoms with Gasteiger partial charge in [0.05, 0.1) is 6.61 Å². The lowest BCUT2D eigenvalue weighted by Crippen LogP contribution is -2.30. The van der Waals surface area contributed by atoms with Crippen LogP contribution in [-0.2, 0) is 11.3 Å². The summed E-state index contributed by atoms with van der Waals surface area (Å²) in [6.45, 7) is 8.02. The molecule has 96 valence electrons. The maximum atomic E-state index is 12.2. The van der Waals surface area contributed by atoms with E-state index >= 15 is 0 Å². The number of ether oxygens (including phenoxy) is 1. The van der Waals surface area contributed by atoms with Crippen molar-refractivity contribution in [1.82, 2.24) is 9.88 Å². The van der Waals surface area contributed by atoms with E-state index in [9.17, 15) is 4.79 Å². The zero-order valence-corrected chi connectivity index (χ0v) is 11.1. The number of aromatic nitrogens is 1. The van der Waals surface area contributed by atoms with E-state index in [4.69, 9.17) is 4.74 Å². The second-order valence-electron chi connectivity index (χ2n) is 4.44. The highest BCUT2D eigenvalue weighted by Gasteiger charge is 2.08. The summed E-state index contributed by atoms with van der Waals surface area (Å²) in [4.78, 5) is 12.2. The summed E-state index contributed by atoms with van der Waals surface area (Å²) in [7, 11) is 1.67. The number of pyridine rings is 1. The largest absolute Gasteiger partial charge is 0.383 e. The van der Waals surface area contributed by atoms with Crippen molar-refractivity contribution in [2.24, 2.45) is 0 Å². The van der Waals surface area contributed by atoms with Crippen molar-refractivity contribution in [2.45, 2.75) is 33.4 Å². The lowest BCUT2D eigenvalue weighted by molar-refractivity contribution is 0.199. The van der Waals surface area contributed by atoms with Crippen molar-refractivity contribution in [3.63, 3.8) is 0 Å². The number of nitrogens with one attached hydrogen (secondary N) is 1. The molecule has 0 unspecified atom stereocenters. The van der Waals surface area contributed by atoms with E-state index in [2.05, 4.69) is 5.32 Å². The van der Waals surface area contributed by atoms with E-state index in [0.29, 0.717) is 13.2 Å². The zero-order chi connectivity index (χ0) is 12.8. The Morgan fingerprint density at radius 3 is 2.71 bits per heavy atom. The average Bonchev–Trinajstić information content (AvgIpc) is 2.26. The van der Waals surface area contributed by atoms with Gasteiger partial charge in [-0.3, -0.25) is 4.79 Å². The molecule has 1 aromatic heterocycles. The van der Waals surface area contributed by atoms with Crippen molar-refractivity contribution < 1.29 is 4.74 Å². The van der Waals surface area contributed by atoms with E-state index in [1.54, 1.807) is 7.11 Å². The van der Waals surface area contributed by atoms with Gasteiger partial charge in [-0.2, -0.15) is 0 Å². The topological polar surface area (TPSA) is 43.3 Å². The summed E-state index contributed by atoms with van der Waals surface area (Å²) in [5.74, 6) is 0. The van der Waals surface area contributed by atoms with Crippen LogP contribution in [0.1, 0.15) is 31.1 Å². The fraction of sp³-hybridized carbons (Fsp3) is 0.615. The van der Waals surface area contributed by atoms with Crippen LogP contribution in [0.25, 0.3) is 0 Å². The minimum Gasteiger partial charge on any atom is -0.383 e. The lowest BCUT2D eigenvalue weighted by Gasteiger charge is -2.15. The van der Waals surface area contributed by atoms with E-state index in [1.807, 2.05) is 37.5 Å². The van der Waals surface area contributed by atoms with Crippen LogP contribution in [0.2, 0.25) is 0 Å². The van der Waals surface area contributed by atoms with Gasteiger partial charge in [0, 0.05) is 37.5 Å². The minimum absolute atomic E-state index is 0.102. The normalized spacial score (nSPS) is 11.1. The zero-order valence-electron chi connectivity index (χ0n) is 11.1. The smallest absolute Gasteiger partial charge is 0.255 e. The molecule has 0 aliphatic carbocycles. The maximum absolute atomic E-state index is 12.2. The number of aryl methyl sites for hydroxylation is 1. The molecular formula is C13H22N2O2. The van der Waals surface area contributed by atoms with Gasteiger partial charge in [0.1, 0.15) is 0 Å². The third kappa shape index (κ3) is 3.68. The molecule has 1 aromatic rings. The van der Waals surface area contributed by atoms with E-state index < -0.39 is 0 Å². The first-order valence-electron chi connectivity index (χ1n) is 5.98. The Balaban J connectivity index is 2.81. The molecular weight excluding hydrogens is 216 g/mol. The highest BCUT2D eigenvalue weighted by Crippen LogP contribution is 2.06. The molecule has 0 aliphatic heterocycles. The minimum atomic E-state index is 0.102. The van der Waals surface area contributed by atoms with Gasteiger partial charge in [-0.25, -0.2) is 0 Å². The molecule has 1 rings (SSSR count). The van der Waals surface area contributed by atoms with Crippen LogP contribution in [0.15, 0.2) is 16.9 Å². The van der Waals surface area contributed by atoms with Gasteiger partial charge in [0.15, 0.2) is 0 Å². The van der Waals surface area contributed by atoms with Gasteiger partial charge in [0.2, 0.25) is 0 Å². The van der Waals surface area contributed by atoms with Crippen molar-refractivity contribution in [2.75, 3.05) is 20.3 Å². The van der Waals surface area contributed by atoms with Crippen LogP contribution in [0.3, 0.4) is 0 Å². The van der Waals surface area contributed by atoms with Gasteiger partial charge in [-0.15, -0.1) is 0 Å². The van der Waals surface area contributed by atoms with Crippen LogP contribution in [-0.4, -0.2) is 24.8 Å². The number of nitrogens with zero attached hydrogens (tertiary/aromatic N) is 1. The fourth-order valence-electron chi connectivity index (χ4n) is 1.86. The van der Waals surface area contributed by atoms with Gasteiger partial charge in [-0.1, -0.05) is 6.07 Å². The standard InChI is InChI=1S/C13H22N2O2/c1-10(2)15-11(3)5-6-12(13(15)16)9-14-7-8-17-4/h5-6,10,14H,7-9H2,1-4H3. The number of methoxy groups -OCH3 is 1. The Bertz CT molecular complexity index is 410. The first-order valence-corrected chi connectivity index (χ1v) is 5.98. The summed E-state index contributed by atoms with van der Waals surface area (Å²) >= 11 is 0. The van der Waals surface area contributed by atoms with Crippen molar-refractivity contribution in [3.05, 3.63) is 33.7 Å². The quantitative estimate of drug-likeness (QED) is 0.763. The predicted octanol–water partition coefficient (Wildman–Crippen LogP) is 1.47.